The number of carbonyl (C=O) groups excluding carboxylic acids is 2. The number of carbonyl (C=O) groups is 3. The van der Waals surface area contributed by atoms with Crippen molar-refractivity contribution in [3.8, 4) is 0 Å². The van der Waals surface area contributed by atoms with Gasteiger partial charge < -0.3 is 20.7 Å². The Labute approximate surface area is 145 Å². The zero-order valence-electron chi connectivity index (χ0n) is 14.2. The number of hydrogen-bond acceptors (Lipinski definition) is 3. The minimum atomic E-state index is -1.06. The predicted octanol–water partition coefficient (Wildman–Crippen LogP) is 1.59. The quantitative estimate of drug-likeness (QED) is 0.553. The molecule has 2 amide bonds. The van der Waals surface area contributed by atoms with E-state index in [2.05, 4.69) is 15.6 Å². The van der Waals surface area contributed by atoms with Crippen molar-refractivity contribution in [2.24, 2.45) is 0 Å². The number of aromatic nitrogens is 1. The van der Waals surface area contributed by atoms with Gasteiger partial charge in [0.25, 0.3) is 0 Å². The molecule has 0 fully saturated rings. The number of nitrogens with one attached hydrogen (secondary N) is 3. The molecular weight excluding hydrogens is 322 g/mol. The lowest BCUT2D eigenvalue weighted by Gasteiger charge is -2.14. The molecule has 7 nitrogen and oxygen atoms in total. The number of fused-ring (bicyclic) bond motifs is 1. The molecule has 1 aromatic heterocycles. The lowest BCUT2D eigenvalue weighted by Crippen LogP contribution is -2.45. The minimum Gasteiger partial charge on any atom is -0.480 e. The Hall–Kier alpha value is -2.83. The van der Waals surface area contributed by atoms with Gasteiger partial charge in [0.05, 0.1) is 13.0 Å². The summed E-state index contributed by atoms with van der Waals surface area (Å²) in [6.07, 6.45) is 3.86. The molecule has 7 heteroatoms. The fraction of sp³-hybridized carbons (Fsp3) is 0.389. The first-order valence-electron chi connectivity index (χ1n) is 8.35. The lowest BCUT2D eigenvalue weighted by atomic mass is 10.1. The molecule has 4 N–H and O–H groups in total. The highest BCUT2D eigenvalue weighted by atomic mass is 16.4. The first kappa shape index (κ1) is 18.5. The summed E-state index contributed by atoms with van der Waals surface area (Å²) >= 11 is 0. The molecule has 0 radical (unpaired) electrons. The van der Waals surface area contributed by atoms with Crippen molar-refractivity contribution in [3.05, 3.63) is 36.0 Å². The minimum absolute atomic E-state index is 0.148. The summed E-state index contributed by atoms with van der Waals surface area (Å²) in [5.41, 5.74) is 1.79. The second-order valence-electron chi connectivity index (χ2n) is 5.91. The smallest absolute Gasteiger partial charge is 0.326 e. The van der Waals surface area contributed by atoms with Crippen LogP contribution in [0, 0.1) is 0 Å². The molecule has 0 spiro atoms. The average Bonchev–Trinajstić information content (AvgIpc) is 2.99. The van der Waals surface area contributed by atoms with Crippen LogP contribution in [0.15, 0.2) is 30.5 Å². The van der Waals surface area contributed by atoms with E-state index in [4.69, 9.17) is 5.11 Å². The maximum Gasteiger partial charge on any atom is 0.326 e. The van der Waals surface area contributed by atoms with E-state index in [9.17, 15) is 14.4 Å². The van der Waals surface area contributed by atoms with Gasteiger partial charge in [-0.05, 0) is 18.1 Å². The van der Waals surface area contributed by atoms with Crippen LogP contribution in [0.3, 0.4) is 0 Å². The lowest BCUT2D eigenvalue weighted by molar-refractivity contribution is -0.141. The van der Waals surface area contributed by atoms with Crippen LogP contribution < -0.4 is 10.6 Å². The van der Waals surface area contributed by atoms with E-state index in [1.165, 1.54) is 0 Å². The van der Waals surface area contributed by atoms with Gasteiger partial charge in [0.1, 0.15) is 6.04 Å². The van der Waals surface area contributed by atoms with Crippen molar-refractivity contribution in [3.63, 3.8) is 0 Å². The molecule has 25 heavy (non-hydrogen) atoms. The number of aromatic amines is 1. The summed E-state index contributed by atoms with van der Waals surface area (Å²) < 4.78 is 0. The molecule has 0 saturated carbocycles. The van der Waals surface area contributed by atoms with Gasteiger partial charge in [-0.3, -0.25) is 9.59 Å². The average molecular weight is 345 g/mol. The number of amides is 2. The first-order valence-corrected chi connectivity index (χ1v) is 8.35. The van der Waals surface area contributed by atoms with E-state index in [1.807, 2.05) is 31.2 Å². The largest absolute Gasteiger partial charge is 0.480 e. The third-order valence-corrected chi connectivity index (χ3v) is 3.95. The van der Waals surface area contributed by atoms with Crippen LogP contribution in [-0.2, 0) is 20.8 Å². The van der Waals surface area contributed by atoms with E-state index in [0.29, 0.717) is 12.8 Å². The van der Waals surface area contributed by atoms with Crippen LogP contribution in [0.5, 0.6) is 0 Å². The monoisotopic (exact) mass is 345 g/mol. The van der Waals surface area contributed by atoms with Crippen molar-refractivity contribution in [2.75, 3.05) is 6.54 Å². The molecule has 0 bridgehead atoms. The Morgan fingerprint density at radius 2 is 1.96 bits per heavy atom. The maximum atomic E-state index is 12.0. The Morgan fingerprint density at radius 1 is 1.20 bits per heavy atom. The molecule has 0 aliphatic rings. The highest BCUT2D eigenvalue weighted by molar-refractivity contribution is 5.91. The highest BCUT2D eigenvalue weighted by Crippen LogP contribution is 2.17. The summed E-state index contributed by atoms with van der Waals surface area (Å²) in [5.74, 6) is -1.86. The molecule has 134 valence electrons. The Morgan fingerprint density at radius 3 is 2.68 bits per heavy atom. The van der Waals surface area contributed by atoms with Crippen molar-refractivity contribution < 1.29 is 19.5 Å². The highest BCUT2D eigenvalue weighted by Gasteiger charge is 2.19. The predicted molar refractivity (Wildman–Crippen MR) is 94.1 cm³/mol. The van der Waals surface area contributed by atoms with Gasteiger partial charge >= 0.3 is 5.97 Å². The summed E-state index contributed by atoms with van der Waals surface area (Å²) in [7, 11) is 0. The van der Waals surface area contributed by atoms with Crippen molar-refractivity contribution >= 4 is 28.7 Å². The van der Waals surface area contributed by atoms with Crippen LogP contribution in [0.25, 0.3) is 10.9 Å². The number of rotatable bonds is 9. The summed E-state index contributed by atoms with van der Waals surface area (Å²) in [4.78, 5) is 38.1. The first-order chi connectivity index (χ1) is 12.0. The van der Waals surface area contributed by atoms with Crippen molar-refractivity contribution in [2.45, 2.75) is 38.6 Å². The van der Waals surface area contributed by atoms with Crippen molar-refractivity contribution in [1.29, 1.82) is 0 Å². The van der Waals surface area contributed by atoms with Crippen molar-refractivity contribution in [1.82, 2.24) is 15.6 Å². The third-order valence-electron chi connectivity index (χ3n) is 3.95. The van der Waals surface area contributed by atoms with E-state index >= 15 is 0 Å². The molecule has 1 atom stereocenters. The molecule has 1 heterocycles. The van der Waals surface area contributed by atoms with Gasteiger partial charge in [-0.15, -0.1) is 0 Å². The third kappa shape index (κ3) is 5.34. The van der Waals surface area contributed by atoms with E-state index in [-0.39, 0.29) is 18.9 Å². The molecule has 0 saturated heterocycles. The summed E-state index contributed by atoms with van der Waals surface area (Å²) in [5, 5.41) is 15.0. The van der Waals surface area contributed by atoms with Crippen LogP contribution in [0.4, 0.5) is 0 Å². The number of benzene rings is 1. The normalized spacial score (nSPS) is 11.9. The Balaban J connectivity index is 1.82. The second kappa shape index (κ2) is 8.86. The number of H-pyrrole nitrogens is 1. The van der Waals surface area contributed by atoms with Gasteiger partial charge in [-0.2, -0.15) is 0 Å². The zero-order valence-corrected chi connectivity index (χ0v) is 14.2. The summed E-state index contributed by atoms with van der Waals surface area (Å²) in [6.45, 7) is 1.71. The zero-order chi connectivity index (χ0) is 18.2. The van der Waals surface area contributed by atoms with Crippen LogP contribution in [0.1, 0.15) is 31.7 Å². The van der Waals surface area contributed by atoms with Gasteiger partial charge in [0.2, 0.25) is 11.8 Å². The van der Waals surface area contributed by atoms with Gasteiger partial charge in [0, 0.05) is 17.1 Å². The number of carboxylic acid groups (broad SMARTS) is 1. The number of hydrogen-bond donors (Lipinski definition) is 4. The van der Waals surface area contributed by atoms with E-state index < -0.39 is 17.9 Å². The fourth-order valence-corrected chi connectivity index (χ4v) is 2.60. The topological polar surface area (TPSA) is 111 Å². The van der Waals surface area contributed by atoms with Crippen LogP contribution in [-0.4, -0.2) is 40.5 Å². The standard InChI is InChI=1S/C18H23N3O4/c1-2-3-7-15(18(24)25)21-17(23)11-20-16(22)9-12-10-19-14-8-5-4-6-13(12)14/h4-6,8,10,15,19H,2-3,7,9,11H2,1H3,(H,20,22)(H,21,23)(H,24,25). The number of unbranched alkanes of at least 4 members (excludes halogenated alkanes) is 1. The molecule has 1 unspecified atom stereocenters. The molecule has 2 rings (SSSR count). The molecule has 1 aromatic carbocycles. The van der Waals surface area contributed by atoms with Gasteiger partial charge in [-0.25, -0.2) is 4.79 Å². The van der Waals surface area contributed by atoms with Gasteiger partial charge in [0.15, 0.2) is 0 Å². The Kier molecular flexibility index (Phi) is 6.56. The summed E-state index contributed by atoms with van der Waals surface area (Å²) in [6, 6.07) is 6.73. The maximum absolute atomic E-state index is 12.0. The second-order valence-corrected chi connectivity index (χ2v) is 5.91. The number of para-hydroxylation sites is 1. The van der Waals surface area contributed by atoms with Gasteiger partial charge in [-0.1, -0.05) is 38.0 Å². The fourth-order valence-electron chi connectivity index (χ4n) is 2.60. The Bertz CT molecular complexity index is 754. The number of aliphatic carboxylic acids is 1. The number of carboxylic acids is 1. The molecular formula is C18H23N3O4. The molecule has 0 aliphatic heterocycles. The van der Waals surface area contributed by atoms with Crippen LogP contribution >= 0.6 is 0 Å². The van der Waals surface area contributed by atoms with Crippen LogP contribution in [0.2, 0.25) is 0 Å². The molecule has 2 aromatic rings. The van der Waals surface area contributed by atoms with E-state index in [0.717, 1.165) is 22.9 Å². The SMILES string of the molecule is CCCCC(NC(=O)CNC(=O)Cc1c[nH]c2ccccc12)C(=O)O. The van der Waals surface area contributed by atoms with E-state index in [1.54, 1.807) is 6.20 Å². The molecule has 0 aliphatic carbocycles.